The largest absolute Gasteiger partial charge is 0.357 e. The molecule has 23 heavy (non-hydrogen) atoms. The third kappa shape index (κ3) is 3.57. The number of carbonyl (C=O) groups excluding carboxylic acids is 2. The Morgan fingerprint density at radius 2 is 1.87 bits per heavy atom. The van der Waals surface area contributed by atoms with Crippen LogP contribution in [0.15, 0.2) is 24.3 Å². The Morgan fingerprint density at radius 1 is 1.17 bits per heavy atom. The SMILES string of the molecule is CNC(=O)[C@H]1Cc2ccccc2CN1C(=O)CCC1CCCC1. The number of nitrogens with zero attached hydrogens (tertiary/aromatic N) is 1. The minimum atomic E-state index is -0.369. The van der Waals surface area contributed by atoms with E-state index in [2.05, 4.69) is 17.4 Å². The lowest BCUT2D eigenvalue weighted by Crippen LogP contribution is -2.51. The molecule has 4 heteroatoms. The van der Waals surface area contributed by atoms with Crippen LogP contribution < -0.4 is 5.32 Å². The lowest BCUT2D eigenvalue weighted by molar-refractivity contribution is -0.141. The second kappa shape index (κ2) is 7.16. The van der Waals surface area contributed by atoms with Gasteiger partial charge in [0, 0.05) is 26.4 Å². The van der Waals surface area contributed by atoms with Crippen LogP contribution in [0, 0.1) is 5.92 Å². The van der Waals surface area contributed by atoms with Gasteiger partial charge in [-0.1, -0.05) is 49.9 Å². The van der Waals surface area contributed by atoms with Crippen molar-refractivity contribution in [3.05, 3.63) is 35.4 Å². The maximum atomic E-state index is 12.7. The van der Waals surface area contributed by atoms with E-state index < -0.39 is 0 Å². The summed E-state index contributed by atoms with van der Waals surface area (Å²) in [5, 5.41) is 2.71. The summed E-state index contributed by atoms with van der Waals surface area (Å²) in [7, 11) is 1.64. The zero-order valence-corrected chi connectivity index (χ0v) is 13.9. The highest BCUT2D eigenvalue weighted by Crippen LogP contribution is 2.30. The standard InChI is InChI=1S/C19H26N2O2/c1-20-19(23)17-12-15-8-4-5-9-16(15)13-21(17)18(22)11-10-14-6-2-3-7-14/h4-5,8-9,14,17H,2-3,6-7,10-13H2,1H3,(H,20,23)/t17-/m1/s1. The van der Waals surface area contributed by atoms with Gasteiger partial charge in [-0.3, -0.25) is 9.59 Å². The molecule has 0 aromatic heterocycles. The first kappa shape index (κ1) is 16.0. The van der Waals surface area contributed by atoms with Gasteiger partial charge >= 0.3 is 0 Å². The van der Waals surface area contributed by atoms with Crippen LogP contribution in [-0.4, -0.2) is 29.8 Å². The summed E-state index contributed by atoms with van der Waals surface area (Å²) in [5.41, 5.74) is 2.35. The topological polar surface area (TPSA) is 49.4 Å². The van der Waals surface area contributed by atoms with Gasteiger partial charge in [-0.15, -0.1) is 0 Å². The van der Waals surface area contributed by atoms with E-state index in [1.54, 1.807) is 11.9 Å². The number of nitrogens with one attached hydrogen (secondary N) is 1. The Hall–Kier alpha value is -1.84. The highest BCUT2D eigenvalue weighted by atomic mass is 16.2. The van der Waals surface area contributed by atoms with Crippen molar-refractivity contribution in [3.8, 4) is 0 Å². The van der Waals surface area contributed by atoms with Gasteiger partial charge in [0.05, 0.1) is 0 Å². The van der Waals surface area contributed by atoms with E-state index in [-0.39, 0.29) is 17.9 Å². The number of hydrogen-bond donors (Lipinski definition) is 1. The predicted octanol–water partition coefficient (Wildman–Crippen LogP) is 2.66. The minimum Gasteiger partial charge on any atom is -0.357 e. The van der Waals surface area contributed by atoms with Gasteiger partial charge in [0.15, 0.2) is 0 Å². The lowest BCUT2D eigenvalue weighted by Gasteiger charge is -2.36. The molecule has 1 fully saturated rings. The highest BCUT2D eigenvalue weighted by Gasteiger charge is 2.34. The van der Waals surface area contributed by atoms with Gasteiger partial charge in [-0.05, 0) is 23.5 Å². The van der Waals surface area contributed by atoms with E-state index in [0.29, 0.717) is 25.3 Å². The van der Waals surface area contributed by atoms with Crippen LogP contribution in [-0.2, 0) is 22.6 Å². The summed E-state index contributed by atoms with van der Waals surface area (Å²) in [4.78, 5) is 26.8. The van der Waals surface area contributed by atoms with Crippen LogP contribution in [0.2, 0.25) is 0 Å². The molecule has 0 spiro atoms. The predicted molar refractivity (Wildman–Crippen MR) is 89.7 cm³/mol. The molecular formula is C19H26N2O2. The number of benzene rings is 1. The van der Waals surface area contributed by atoms with Crippen LogP contribution in [0.3, 0.4) is 0 Å². The smallest absolute Gasteiger partial charge is 0.242 e. The van der Waals surface area contributed by atoms with E-state index in [9.17, 15) is 9.59 Å². The first-order chi connectivity index (χ1) is 11.2. The van der Waals surface area contributed by atoms with Crippen LogP contribution in [0.5, 0.6) is 0 Å². The Kier molecular flexibility index (Phi) is 4.99. The highest BCUT2D eigenvalue weighted by molar-refractivity contribution is 5.88. The van der Waals surface area contributed by atoms with Gasteiger partial charge in [0.25, 0.3) is 0 Å². The molecule has 1 aliphatic carbocycles. The van der Waals surface area contributed by atoms with Gasteiger partial charge in [-0.2, -0.15) is 0 Å². The first-order valence-corrected chi connectivity index (χ1v) is 8.77. The Labute approximate surface area is 138 Å². The van der Waals surface area contributed by atoms with Crippen molar-refractivity contribution >= 4 is 11.8 Å². The second-order valence-corrected chi connectivity index (χ2v) is 6.81. The second-order valence-electron chi connectivity index (χ2n) is 6.81. The van der Waals surface area contributed by atoms with Crippen LogP contribution in [0.25, 0.3) is 0 Å². The molecule has 1 aliphatic heterocycles. The quantitative estimate of drug-likeness (QED) is 0.929. The summed E-state index contributed by atoms with van der Waals surface area (Å²) >= 11 is 0. The van der Waals surface area contributed by atoms with Crippen molar-refractivity contribution in [3.63, 3.8) is 0 Å². The molecule has 3 rings (SSSR count). The Balaban J connectivity index is 1.71. The maximum absolute atomic E-state index is 12.7. The molecule has 2 aliphatic rings. The minimum absolute atomic E-state index is 0.0614. The van der Waals surface area contributed by atoms with Crippen LogP contribution in [0.4, 0.5) is 0 Å². The van der Waals surface area contributed by atoms with E-state index in [1.807, 2.05) is 12.1 Å². The number of carbonyl (C=O) groups is 2. The molecule has 2 amide bonds. The van der Waals surface area contributed by atoms with Gasteiger partial charge in [0.1, 0.15) is 6.04 Å². The molecular weight excluding hydrogens is 288 g/mol. The normalized spacial score (nSPS) is 21.1. The van der Waals surface area contributed by atoms with E-state index >= 15 is 0 Å². The zero-order valence-electron chi connectivity index (χ0n) is 13.9. The van der Waals surface area contributed by atoms with E-state index in [1.165, 1.54) is 36.8 Å². The molecule has 0 saturated heterocycles. The average Bonchev–Trinajstić information content (AvgIpc) is 3.11. The first-order valence-electron chi connectivity index (χ1n) is 8.77. The maximum Gasteiger partial charge on any atom is 0.242 e. The molecule has 1 saturated carbocycles. The molecule has 1 N–H and O–H groups in total. The fourth-order valence-electron chi connectivity index (χ4n) is 3.96. The zero-order chi connectivity index (χ0) is 16.2. The van der Waals surface area contributed by atoms with Gasteiger partial charge in [-0.25, -0.2) is 0 Å². The monoisotopic (exact) mass is 314 g/mol. The Bertz CT molecular complexity index is 578. The van der Waals surface area contributed by atoms with Crippen LogP contribution >= 0.6 is 0 Å². The fraction of sp³-hybridized carbons (Fsp3) is 0.579. The summed E-state index contributed by atoms with van der Waals surface area (Å²) < 4.78 is 0. The van der Waals surface area contributed by atoms with E-state index in [0.717, 1.165) is 6.42 Å². The fourth-order valence-corrected chi connectivity index (χ4v) is 3.96. The van der Waals surface area contributed by atoms with Gasteiger partial charge < -0.3 is 10.2 Å². The molecule has 0 unspecified atom stereocenters. The number of hydrogen-bond acceptors (Lipinski definition) is 2. The third-order valence-electron chi connectivity index (χ3n) is 5.36. The van der Waals surface area contributed by atoms with Gasteiger partial charge in [0.2, 0.25) is 11.8 Å². The van der Waals surface area contributed by atoms with E-state index in [4.69, 9.17) is 0 Å². The molecule has 124 valence electrons. The summed E-state index contributed by atoms with van der Waals surface area (Å²) in [6.07, 6.45) is 7.28. The molecule has 1 aromatic rings. The van der Waals surface area contributed by atoms with Crippen molar-refractivity contribution in [2.75, 3.05) is 7.05 Å². The van der Waals surface area contributed by atoms with Crippen molar-refractivity contribution in [2.24, 2.45) is 5.92 Å². The number of rotatable bonds is 4. The summed E-state index contributed by atoms with van der Waals surface area (Å²) in [6, 6.07) is 7.75. The summed E-state index contributed by atoms with van der Waals surface area (Å²) in [6.45, 7) is 0.553. The molecule has 1 heterocycles. The summed E-state index contributed by atoms with van der Waals surface area (Å²) in [5.74, 6) is 0.767. The molecule has 4 nitrogen and oxygen atoms in total. The van der Waals surface area contributed by atoms with Crippen molar-refractivity contribution in [1.82, 2.24) is 10.2 Å². The van der Waals surface area contributed by atoms with Crippen LogP contribution in [0.1, 0.15) is 49.7 Å². The Morgan fingerprint density at radius 3 is 2.57 bits per heavy atom. The van der Waals surface area contributed by atoms with Crippen molar-refractivity contribution < 1.29 is 9.59 Å². The molecule has 1 atom stereocenters. The molecule has 0 bridgehead atoms. The van der Waals surface area contributed by atoms with Crippen molar-refractivity contribution in [2.45, 2.75) is 57.5 Å². The number of amides is 2. The van der Waals surface area contributed by atoms with Crippen molar-refractivity contribution in [1.29, 1.82) is 0 Å². The lowest BCUT2D eigenvalue weighted by atomic mass is 9.92. The number of likely N-dealkylation sites (N-methyl/N-ethyl adjacent to an activating group) is 1. The molecule has 1 aromatic carbocycles. The molecule has 0 radical (unpaired) electrons. The average molecular weight is 314 g/mol. The third-order valence-corrected chi connectivity index (χ3v) is 5.36. The number of fused-ring (bicyclic) bond motifs is 1.